The Morgan fingerprint density at radius 1 is 0.864 bits per heavy atom. The van der Waals surface area contributed by atoms with E-state index in [-0.39, 0.29) is 0 Å². The molecule has 2 aromatic carbocycles. The van der Waals surface area contributed by atoms with Crippen molar-refractivity contribution >= 4 is 0 Å². The fraction of sp³-hybridized carbons (Fsp3) is 0.368. The van der Waals surface area contributed by atoms with Crippen molar-refractivity contribution in [1.29, 1.82) is 0 Å². The van der Waals surface area contributed by atoms with Gasteiger partial charge in [0, 0.05) is 20.6 Å². The monoisotopic (exact) mass is 298 g/mol. The molecule has 3 rings (SSSR count). The zero-order chi connectivity index (χ0) is 15.8. The van der Waals surface area contributed by atoms with Gasteiger partial charge in [-0.15, -0.1) is 0 Å². The van der Waals surface area contributed by atoms with Crippen LogP contribution in [-0.4, -0.2) is 26.9 Å². The molecule has 2 unspecified atom stereocenters. The number of hydrogen-bond acceptors (Lipinski definition) is 3. The predicted molar refractivity (Wildman–Crippen MR) is 86.3 cm³/mol. The van der Waals surface area contributed by atoms with Gasteiger partial charge in [-0.25, -0.2) is 0 Å². The first-order valence-electron chi connectivity index (χ1n) is 7.44. The molecule has 0 saturated heterocycles. The van der Waals surface area contributed by atoms with E-state index in [2.05, 4.69) is 43.3 Å². The second-order valence-electron chi connectivity index (χ2n) is 5.88. The average Bonchev–Trinajstić information content (AvgIpc) is 2.84. The molecule has 0 aliphatic heterocycles. The summed E-state index contributed by atoms with van der Waals surface area (Å²) in [6.45, 7) is 2.11. The van der Waals surface area contributed by atoms with Crippen LogP contribution in [0.1, 0.15) is 23.6 Å². The highest BCUT2D eigenvalue weighted by Crippen LogP contribution is 2.52. The van der Waals surface area contributed by atoms with Crippen molar-refractivity contribution in [1.82, 2.24) is 0 Å². The lowest BCUT2D eigenvalue weighted by atomic mass is 9.78. The zero-order valence-electron chi connectivity index (χ0n) is 13.6. The van der Waals surface area contributed by atoms with Gasteiger partial charge < -0.3 is 14.2 Å². The Kier molecular flexibility index (Phi) is 3.71. The summed E-state index contributed by atoms with van der Waals surface area (Å²) in [7, 11) is 5.18. The molecule has 0 aromatic heterocycles. The van der Waals surface area contributed by atoms with Gasteiger partial charge in [0.1, 0.15) is 17.0 Å². The first-order chi connectivity index (χ1) is 10.6. The molecule has 3 heteroatoms. The van der Waals surface area contributed by atoms with E-state index >= 15 is 0 Å². The normalized spacial score (nSPS) is 26.7. The van der Waals surface area contributed by atoms with Crippen LogP contribution in [0.4, 0.5) is 0 Å². The molecular formula is C19H22O3. The maximum Gasteiger partial charge on any atom is 0.147 e. The Labute approximate surface area is 131 Å². The van der Waals surface area contributed by atoms with Crippen molar-refractivity contribution in [2.45, 2.75) is 24.5 Å². The largest absolute Gasteiger partial charge is 0.497 e. The van der Waals surface area contributed by atoms with Crippen molar-refractivity contribution < 1.29 is 14.2 Å². The Bertz CT molecular complexity index is 665. The van der Waals surface area contributed by atoms with Crippen molar-refractivity contribution in [2.24, 2.45) is 0 Å². The van der Waals surface area contributed by atoms with Gasteiger partial charge in [-0.2, -0.15) is 0 Å². The third-order valence-electron chi connectivity index (χ3n) is 4.92. The molecule has 3 nitrogen and oxygen atoms in total. The molecule has 0 bridgehead atoms. The molecule has 0 N–H and O–H groups in total. The lowest BCUT2D eigenvalue weighted by Crippen LogP contribution is -2.50. The van der Waals surface area contributed by atoms with E-state index < -0.39 is 11.2 Å². The average molecular weight is 298 g/mol. The highest BCUT2D eigenvalue weighted by Gasteiger charge is 2.57. The fourth-order valence-electron chi connectivity index (χ4n) is 3.74. The molecule has 0 heterocycles. The van der Waals surface area contributed by atoms with Crippen LogP contribution in [0.15, 0.2) is 48.5 Å². The minimum absolute atomic E-state index is 0.458. The summed E-state index contributed by atoms with van der Waals surface area (Å²) in [5.74, 6) is 0.834. The number of benzene rings is 2. The Hall–Kier alpha value is -1.84. The van der Waals surface area contributed by atoms with E-state index in [0.717, 1.165) is 17.7 Å². The van der Waals surface area contributed by atoms with Crippen LogP contribution in [0.5, 0.6) is 5.75 Å². The molecule has 0 fully saturated rings. The van der Waals surface area contributed by atoms with E-state index in [9.17, 15) is 0 Å². The number of ether oxygens (including phenoxy) is 3. The Morgan fingerprint density at radius 2 is 1.55 bits per heavy atom. The number of fused-ring (bicyclic) bond motifs is 1. The van der Waals surface area contributed by atoms with Gasteiger partial charge in [0.25, 0.3) is 0 Å². The van der Waals surface area contributed by atoms with Crippen LogP contribution in [0.2, 0.25) is 0 Å². The zero-order valence-corrected chi connectivity index (χ0v) is 13.6. The van der Waals surface area contributed by atoms with Crippen molar-refractivity contribution in [3.8, 4) is 5.75 Å². The third-order valence-corrected chi connectivity index (χ3v) is 4.92. The number of methoxy groups -OCH3 is 3. The summed E-state index contributed by atoms with van der Waals surface area (Å²) in [5, 5.41) is 0. The molecule has 116 valence electrons. The van der Waals surface area contributed by atoms with Gasteiger partial charge in [-0.3, -0.25) is 0 Å². The van der Waals surface area contributed by atoms with E-state index in [1.807, 2.05) is 12.1 Å². The van der Waals surface area contributed by atoms with Crippen molar-refractivity contribution in [3.63, 3.8) is 0 Å². The Balaban J connectivity index is 2.23. The van der Waals surface area contributed by atoms with Gasteiger partial charge in [0.05, 0.1) is 7.11 Å². The van der Waals surface area contributed by atoms with Crippen molar-refractivity contribution in [2.75, 3.05) is 21.3 Å². The summed E-state index contributed by atoms with van der Waals surface area (Å²) in [4.78, 5) is 0. The summed E-state index contributed by atoms with van der Waals surface area (Å²) < 4.78 is 17.3. The van der Waals surface area contributed by atoms with Gasteiger partial charge in [-0.05, 0) is 35.7 Å². The molecule has 2 atom stereocenters. The lowest BCUT2D eigenvalue weighted by Gasteiger charge is -2.42. The topological polar surface area (TPSA) is 27.7 Å². The lowest BCUT2D eigenvalue weighted by molar-refractivity contribution is -0.149. The molecule has 22 heavy (non-hydrogen) atoms. The minimum Gasteiger partial charge on any atom is -0.497 e. The van der Waals surface area contributed by atoms with Gasteiger partial charge in [0.15, 0.2) is 0 Å². The molecule has 2 aromatic rings. The van der Waals surface area contributed by atoms with E-state index in [1.54, 1.807) is 21.3 Å². The maximum absolute atomic E-state index is 6.13. The standard InChI is InChI=1S/C19H22O3/c1-18(21-3)13-14-7-5-6-8-17(14)19(18,22-4)15-9-11-16(20-2)12-10-15/h5-12H,13H2,1-4H3. The first kappa shape index (κ1) is 15.1. The molecule has 1 aliphatic rings. The summed E-state index contributed by atoms with van der Waals surface area (Å²) >= 11 is 0. The molecule has 0 spiro atoms. The van der Waals surface area contributed by atoms with Crippen LogP contribution in [0, 0.1) is 0 Å². The van der Waals surface area contributed by atoms with Crippen LogP contribution in [0.25, 0.3) is 0 Å². The van der Waals surface area contributed by atoms with Gasteiger partial charge in [0.2, 0.25) is 0 Å². The van der Waals surface area contributed by atoms with Gasteiger partial charge in [-0.1, -0.05) is 36.4 Å². The third kappa shape index (κ3) is 1.89. The van der Waals surface area contributed by atoms with Crippen molar-refractivity contribution in [3.05, 3.63) is 65.2 Å². The van der Waals surface area contributed by atoms with Gasteiger partial charge >= 0.3 is 0 Å². The molecule has 1 aliphatic carbocycles. The highest BCUT2D eigenvalue weighted by atomic mass is 16.5. The minimum atomic E-state index is -0.620. The first-order valence-corrected chi connectivity index (χ1v) is 7.44. The second kappa shape index (κ2) is 5.41. The molecule has 0 saturated carbocycles. The predicted octanol–water partition coefficient (Wildman–Crippen LogP) is 3.55. The number of rotatable bonds is 4. The SMILES string of the molecule is COc1ccc(C2(OC)c3ccccc3CC2(C)OC)cc1. The van der Waals surface area contributed by atoms with Crippen LogP contribution in [-0.2, 0) is 21.5 Å². The maximum atomic E-state index is 6.13. The van der Waals surface area contributed by atoms with E-state index in [4.69, 9.17) is 14.2 Å². The second-order valence-corrected chi connectivity index (χ2v) is 5.88. The van der Waals surface area contributed by atoms with E-state index in [0.29, 0.717) is 0 Å². The summed E-state index contributed by atoms with van der Waals surface area (Å²) in [5.41, 5.74) is 2.44. The molecule has 0 radical (unpaired) electrons. The highest BCUT2D eigenvalue weighted by molar-refractivity contribution is 5.51. The molecule has 0 amide bonds. The van der Waals surface area contributed by atoms with Crippen LogP contribution in [0.3, 0.4) is 0 Å². The summed E-state index contributed by atoms with van der Waals surface area (Å²) in [6.07, 6.45) is 0.819. The number of hydrogen-bond donors (Lipinski definition) is 0. The van der Waals surface area contributed by atoms with Crippen LogP contribution < -0.4 is 4.74 Å². The summed E-state index contributed by atoms with van der Waals surface area (Å²) in [6, 6.07) is 16.4. The smallest absolute Gasteiger partial charge is 0.147 e. The Morgan fingerprint density at radius 3 is 2.14 bits per heavy atom. The van der Waals surface area contributed by atoms with E-state index in [1.165, 1.54) is 11.1 Å². The quantitative estimate of drug-likeness (QED) is 0.864. The molecular weight excluding hydrogens is 276 g/mol. The van der Waals surface area contributed by atoms with Crippen LogP contribution >= 0.6 is 0 Å². The fourth-order valence-corrected chi connectivity index (χ4v) is 3.74.